The van der Waals surface area contributed by atoms with Crippen molar-refractivity contribution in [2.45, 2.75) is 25.6 Å². The smallest absolute Gasteiger partial charge is 0.311 e. The van der Waals surface area contributed by atoms with Crippen molar-refractivity contribution in [2.24, 2.45) is 5.92 Å². The Morgan fingerprint density at radius 2 is 1.59 bits per heavy atom. The molecule has 2 aromatic carbocycles. The van der Waals surface area contributed by atoms with E-state index in [4.69, 9.17) is 9.47 Å². The number of carbonyl (C=O) groups excluding carboxylic acids is 1. The summed E-state index contributed by atoms with van der Waals surface area (Å²) in [7, 11) is 0. The van der Waals surface area contributed by atoms with Gasteiger partial charge in [0.05, 0.1) is 18.6 Å². The van der Waals surface area contributed by atoms with Crippen molar-refractivity contribution in [3.63, 3.8) is 0 Å². The fourth-order valence-corrected chi connectivity index (χ4v) is 2.60. The van der Waals surface area contributed by atoms with Crippen LogP contribution < -0.4 is 0 Å². The van der Waals surface area contributed by atoms with E-state index in [0.717, 1.165) is 17.5 Å². The van der Waals surface area contributed by atoms with Gasteiger partial charge >= 0.3 is 5.97 Å². The largest absolute Gasteiger partial charge is 0.466 e. The molecule has 0 aliphatic heterocycles. The van der Waals surface area contributed by atoms with Crippen molar-refractivity contribution in [2.75, 3.05) is 6.61 Å². The maximum Gasteiger partial charge on any atom is 0.311 e. The Hall–Kier alpha value is -2.13. The molecule has 0 aromatic heterocycles. The minimum Gasteiger partial charge on any atom is -0.466 e. The summed E-state index contributed by atoms with van der Waals surface area (Å²) >= 11 is 0. The van der Waals surface area contributed by atoms with Crippen LogP contribution in [0.3, 0.4) is 0 Å². The van der Waals surface area contributed by atoms with Gasteiger partial charge in [0.2, 0.25) is 0 Å². The fraction of sp³-hybridized carbons (Fsp3) is 0.316. The van der Waals surface area contributed by atoms with Crippen LogP contribution in [0.1, 0.15) is 30.6 Å². The van der Waals surface area contributed by atoms with Crippen LogP contribution in [0.5, 0.6) is 0 Å². The van der Waals surface area contributed by atoms with E-state index in [9.17, 15) is 4.79 Å². The van der Waals surface area contributed by atoms with Gasteiger partial charge in [-0.15, -0.1) is 0 Å². The first-order valence-electron chi connectivity index (χ1n) is 7.71. The van der Waals surface area contributed by atoms with E-state index in [0.29, 0.717) is 6.61 Å². The molecule has 1 saturated carbocycles. The van der Waals surface area contributed by atoms with Crippen molar-refractivity contribution in [3.8, 4) is 0 Å². The summed E-state index contributed by atoms with van der Waals surface area (Å²) < 4.78 is 11.3. The van der Waals surface area contributed by atoms with E-state index in [1.807, 2.05) is 43.3 Å². The number of hydrogen-bond donors (Lipinski definition) is 0. The number of hydrogen-bond acceptors (Lipinski definition) is 3. The van der Waals surface area contributed by atoms with Crippen LogP contribution in [0.4, 0.5) is 0 Å². The molecule has 2 atom stereocenters. The highest BCUT2D eigenvalue weighted by molar-refractivity contribution is 5.76. The SMILES string of the molecule is CCOC(=O)C1CC1OC(c1ccccc1)c1ccccc1. The van der Waals surface area contributed by atoms with E-state index in [1.165, 1.54) is 0 Å². The van der Waals surface area contributed by atoms with E-state index in [-0.39, 0.29) is 24.1 Å². The number of rotatable bonds is 6. The predicted molar refractivity (Wildman–Crippen MR) is 84.3 cm³/mol. The summed E-state index contributed by atoms with van der Waals surface area (Å²) in [5, 5.41) is 0. The molecule has 0 spiro atoms. The number of carbonyl (C=O) groups is 1. The van der Waals surface area contributed by atoms with E-state index >= 15 is 0 Å². The van der Waals surface area contributed by atoms with Crippen molar-refractivity contribution in [3.05, 3.63) is 71.8 Å². The fourth-order valence-electron chi connectivity index (χ4n) is 2.60. The van der Waals surface area contributed by atoms with Crippen molar-refractivity contribution >= 4 is 5.97 Å². The molecule has 0 heterocycles. The van der Waals surface area contributed by atoms with Gasteiger partial charge in [0.25, 0.3) is 0 Å². The van der Waals surface area contributed by atoms with Gasteiger partial charge in [-0.3, -0.25) is 4.79 Å². The van der Waals surface area contributed by atoms with Gasteiger partial charge in [0.1, 0.15) is 6.10 Å². The highest BCUT2D eigenvalue weighted by Crippen LogP contribution is 2.40. The third-order valence-electron chi connectivity index (χ3n) is 3.84. The van der Waals surface area contributed by atoms with E-state index in [1.54, 1.807) is 0 Å². The zero-order valence-electron chi connectivity index (χ0n) is 12.6. The van der Waals surface area contributed by atoms with Gasteiger partial charge in [-0.2, -0.15) is 0 Å². The molecule has 0 amide bonds. The molecule has 2 aromatic rings. The Labute approximate surface area is 130 Å². The van der Waals surface area contributed by atoms with Gasteiger partial charge in [-0.1, -0.05) is 60.7 Å². The topological polar surface area (TPSA) is 35.5 Å². The predicted octanol–water partition coefficient (Wildman–Crippen LogP) is 3.74. The lowest BCUT2D eigenvalue weighted by molar-refractivity contribution is -0.146. The van der Waals surface area contributed by atoms with E-state index in [2.05, 4.69) is 24.3 Å². The normalized spacial score (nSPS) is 19.9. The zero-order valence-corrected chi connectivity index (χ0v) is 12.6. The molecule has 3 rings (SSSR count). The molecule has 1 aliphatic carbocycles. The molecule has 22 heavy (non-hydrogen) atoms. The summed E-state index contributed by atoms with van der Waals surface area (Å²) in [5.74, 6) is -0.262. The highest BCUT2D eigenvalue weighted by Gasteiger charge is 2.47. The van der Waals surface area contributed by atoms with Crippen LogP contribution in [0.2, 0.25) is 0 Å². The average molecular weight is 296 g/mol. The van der Waals surface area contributed by atoms with Gasteiger partial charge in [0.15, 0.2) is 0 Å². The molecule has 0 bridgehead atoms. The van der Waals surface area contributed by atoms with E-state index < -0.39 is 0 Å². The first kappa shape index (κ1) is 14.8. The molecule has 114 valence electrons. The Balaban J connectivity index is 1.75. The number of benzene rings is 2. The monoisotopic (exact) mass is 296 g/mol. The maximum absolute atomic E-state index is 11.8. The zero-order chi connectivity index (χ0) is 15.4. The van der Waals surface area contributed by atoms with Crippen LogP contribution in [0.25, 0.3) is 0 Å². The van der Waals surface area contributed by atoms with Crippen LogP contribution in [-0.4, -0.2) is 18.7 Å². The van der Waals surface area contributed by atoms with Crippen LogP contribution >= 0.6 is 0 Å². The minimum absolute atomic E-state index is 0.0514. The van der Waals surface area contributed by atoms with Crippen molar-refractivity contribution < 1.29 is 14.3 Å². The number of ether oxygens (including phenoxy) is 2. The molecule has 2 unspecified atom stereocenters. The molecule has 0 radical (unpaired) electrons. The summed E-state index contributed by atoms with van der Waals surface area (Å²) in [5.41, 5.74) is 2.20. The van der Waals surface area contributed by atoms with Gasteiger partial charge in [-0.05, 0) is 24.5 Å². The third kappa shape index (κ3) is 3.37. The highest BCUT2D eigenvalue weighted by atomic mass is 16.5. The molecule has 3 heteroatoms. The van der Waals surface area contributed by atoms with Gasteiger partial charge in [-0.25, -0.2) is 0 Å². The standard InChI is InChI=1S/C19H20O3/c1-2-21-19(20)16-13-17(16)22-18(14-9-5-3-6-10-14)15-11-7-4-8-12-15/h3-12,16-18H,2,13H2,1H3. The van der Waals surface area contributed by atoms with Gasteiger partial charge < -0.3 is 9.47 Å². The Kier molecular flexibility index (Phi) is 4.54. The number of esters is 1. The average Bonchev–Trinajstić information content (AvgIpc) is 3.34. The molecule has 1 fully saturated rings. The van der Waals surface area contributed by atoms with Crippen molar-refractivity contribution in [1.29, 1.82) is 0 Å². The lowest BCUT2D eigenvalue weighted by atomic mass is 10.0. The Morgan fingerprint density at radius 3 is 2.09 bits per heavy atom. The molecular formula is C19H20O3. The summed E-state index contributed by atoms with van der Waals surface area (Å²) in [4.78, 5) is 11.8. The molecular weight excluding hydrogens is 276 g/mol. The summed E-state index contributed by atoms with van der Waals surface area (Å²) in [6, 6.07) is 20.2. The molecule has 3 nitrogen and oxygen atoms in total. The minimum atomic E-state index is -0.146. The second-order valence-corrected chi connectivity index (χ2v) is 5.47. The summed E-state index contributed by atoms with van der Waals surface area (Å²) in [6.07, 6.45) is 0.547. The molecule has 1 aliphatic rings. The Bertz CT molecular complexity index is 570. The second kappa shape index (κ2) is 6.75. The van der Waals surface area contributed by atoms with Crippen LogP contribution in [-0.2, 0) is 14.3 Å². The quantitative estimate of drug-likeness (QED) is 0.762. The molecule has 0 saturated heterocycles. The van der Waals surface area contributed by atoms with Gasteiger partial charge in [0, 0.05) is 0 Å². The maximum atomic E-state index is 11.8. The molecule has 0 N–H and O–H groups in total. The first-order valence-corrected chi connectivity index (χ1v) is 7.71. The first-order chi connectivity index (χ1) is 10.8. The second-order valence-electron chi connectivity index (χ2n) is 5.47. The van der Waals surface area contributed by atoms with Crippen molar-refractivity contribution in [1.82, 2.24) is 0 Å². The third-order valence-corrected chi connectivity index (χ3v) is 3.84. The summed E-state index contributed by atoms with van der Waals surface area (Å²) in [6.45, 7) is 2.25. The Morgan fingerprint density at radius 1 is 1.05 bits per heavy atom. The lowest BCUT2D eigenvalue weighted by Gasteiger charge is -2.19. The van der Waals surface area contributed by atoms with Crippen LogP contribution in [0, 0.1) is 5.92 Å². The van der Waals surface area contributed by atoms with Crippen LogP contribution in [0.15, 0.2) is 60.7 Å². The lowest BCUT2D eigenvalue weighted by Crippen LogP contribution is -2.14.